The van der Waals surface area contributed by atoms with Crippen molar-refractivity contribution in [1.29, 1.82) is 0 Å². The van der Waals surface area contributed by atoms with Crippen LogP contribution in [0.15, 0.2) is 36.4 Å². The first-order valence-corrected chi connectivity index (χ1v) is 10.3. The first-order valence-electron chi connectivity index (χ1n) is 9.88. The molecule has 0 saturated carbocycles. The molecule has 0 aliphatic carbocycles. The van der Waals surface area contributed by atoms with Crippen molar-refractivity contribution in [3.05, 3.63) is 58.1 Å². The molecule has 0 aromatic heterocycles. The minimum atomic E-state index is -4.76. The van der Waals surface area contributed by atoms with E-state index in [1.54, 1.807) is 13.8 Å². The number of nitrogens with zero attached hydrogens (tertiary/aromatic N) is 1. The number of ether oxygens (including phenoxy) is 1. The van der Waals surface area contributed by atoms with Crippen LogP contribution in [-0.4, -0.2) is 25.1 Å². The highest BCUT2D eigenvalue weighted by Gasteiger charge is 2.57. The van der Waals surface area contributed by atoms with E-state index >= 15 is 4.39 Å². The van der Waals surface area contributed by atoms with Crippen molar-refractivity contribution in [2.24, 2.45) is 0 Å². The Morgan fingerprint density at radius 3 is 2.38 bits per heavy atom. The van der Waals surface area contributed by atoms with Crippen LogP contribution in [-0.2, 0) is 16.6 Å². The smallest absolute Gasteiger partial charge is 0.416 e. The second-order valence-corrected chi connectivity index (χ2v) is 7.77. The highest BCUT2D eigenvalue weighted by atomic mass is 35.5. The summed E-state index contributed by atoms with van der Waals surface area (Å²) in [5, 5.41) is 2.66. The molecule has 1 unspecified atom stereocenters. The van der Waals surface area contributed by atoms with Crippen molar-refractivity contribution >= 4 is 29.2 Å². The molecule has 1 atom stereocenters. The van der Waals surface area contributed by atoms with E-state index in [4.69, 9.17) is 16.3 Å². The number of methoxy groups -OCH3 is 1. The molecule has 0 radical (unpaired) electrons. The van der Waals surface area contributed by atoms with Gasteiger partial charge in [-0.3, -0.25) is 4.79 Å². The van der Waals surface area contributed by atoms with E-state index in [9.17, 15) is 22.8 Å². The molecule has 1 aliphatic rings. The number of rotatable bonds is 5. The van der Waals surface area contributed by atoms with Crippen LogP contribution >= 0.6 is 11.6 Å². The Morgan fingerprint density at radius 2 is 1.81 bits per heavy atom. The van der Waals surface area contributed by atoms with Gasteiger partial charge < -0.3 is 10.1 Å². The molecule has 2 aromatic rings. The molecule has 10 heteroatoms. The van der Waals surface area contributed by atoms with Crippen molar-refractivity contribution in [3.63, 3.8) is 0 Å². The summed E-state index contributed by atoms with van der Waals surface area (Å²) in [7, 11) is 1.25. The molecule has 2 aromatic carbocycles. The van der Waals surface area contributed by atoms with E-state index in [0.717, 1.165) is 12.1 Å². The Hall–Kier alpha value is -2.81. The van der Waals surface area contributed by atoms with E-state index in [1.165, 1.54) is 19.2 Å². The molecule has 3 amide bonds. The number of fused-ring (bicyclic) bond motifs is 1. The number of benzene rings is 2. The quantitative estimate of drug-likeness (QED) is 0.557. The third-order valence-electron chi connectivity index (χ3n) is 5.48. The minimum absolute atomic E-state index is 0.0432. The number of imide groups is 1. The van der Waals surface area contributed by atoms with E-state index in [0.29, 0.717) is 29.9 Å². The van der Waals surface area contributed by atoms with Crippen molar-refractivity contribution in [3.8, 4) is 5.75 Å². The summed E-state index contributed by atoms with van der Waals surface area (Å²) >= 11 is 6.00. The Kier molecular flexibility index (Phi) is 6.42. The number of halogens is 5. The van der Waals surface area contributed by atoms with Crippen LogP contribution in [0.25, 0.3) is 0 Å². The monoisotopic (exact) mass is 472 g/mol. The van der Waals surface area contributed by atoms with Gasteiger partial charge in [-0.05, 0) is 43.2 Å². The number of hydrogen-bond donors (Lipinski definition) is 1. The number of carbonyl (C=O) groups excluding carboxylic acids is 2. The number of urea groups is 1. The molecule has 1 heterocycles. The molecule has 0 spiro atoms. The van der Waals surface area contributed by atoms with Gasteiger partial charge in [-0.1, -0.05) is 31.5 Å². The van der Waals surface area contributed by atoms with E-state index in [1.807, 2.05) is 0 Å². The molecular formula is C22H21ClF4N2O3. The second kappa shape index (κ2) is 8.61. The lowest BCUT2D eigenvalue weighted by Gasteiger charge is -2.24. The SMILES string of the molecule is CCC(CC)NC(=O)N1C(=O)C(F)(c2cc(Cl)ccc2OC)c2ccc(C(F)(F)F)cc21. The zero-order valence-electron chi connectivity index (χ0n) is 17.5. The number of alkyl halides is 4. The number of hydrogen-bond acceptors (Lipinski definition) is 3. The summed E-state index contributed by atoms with van der Waals surface area (Å²) in [6, 6.07) is 4.67. The summed E-state index contributed by atoms with van der Waals surface area (Å²) in [6.07, 6.45) is -3.73. The Bertz CT molecular complexity index is 1060. The van der Waals surface area contributed by atoms with Crippen molar-refractivity contribution in [2.45, 2.75) is 44.6 Å². The Balaban J connectivity index is 2.24. The summed E-state index contributed by atoms with van der Waals surface area (Å²) in [5.41, 5.74) is -5.31. The lowest BCUT2D eigenvalue weighted by Crippen LogP contribution is -2.49. The van der Waals surface area contributed by atoms with Gasteiger partial charge in [-0.2, -0.15) is 13.2 Å². The molecule has 1 N–H and O–H groups in total. The number of anilines is 1. The van der Waals surface area contributed by atoms with Gasteiger partial charge in [0.25, 0.3) is 5.91 Å². The average Bonchev–Trinajstić information content (AvgIpc) is 2.98. The maximum Gasteiger partial charge on any atom is 0.416 e. The molecule has 0 bridgehead atoms. The molecule has 0 saturated heterocycles. The van der Waals surface area contributed by atoms with Crippen molar-refractivity contribution in [1.82, 2.24) is 5.32 Å². The van der Waals surface area contributed by atoms with Crippen LogP contribution in [0, 0.1) is 0 Å². The predicted molar refractivity (Wildman–Crippen MR) is 112 cm³/mol. The zero-order valence-corrected chi connectivity index (χ0v) is 18.3. The average molecular weight is 473 g/mol. The lowest BCUT2D eigenvalue weighted by molar-refractivity contribution is -0.137. The first kappa shape index (κ1) is 23.8. The molecule has 1 aliphatic heterocycles. The molecule has 5 nitrogen and oxygen atoms in total. The molecule has 0 fully saturated rings. The third-order valence-corrected chi connectivity index (χ3v) is 5.72. The number of amides is 3. The number of nitrogens with one attached hydrogen (secondary N) is 1. The maximum atomic E-state index is 16.6. The third kappa shape index (κ3) is 3.90. The molecular weight excluding hydrogens is 452 g/mol. The Labute approximate surface area is 187 Å². The summed E-state index contributed by atoms with van der Waals surface area (Å²) < 4.78 is 61.8. The van der Waals surface area contributed by atoms with E-state index in [-0.39, 0.29) is 22.4 Å². The van der Waals surface area contributed by atoms with Crippen LogP contribution < -0.4 is 15.0 Å². The maximum absolute atomic E-state index is 16.6. The Morgan fingerprint density at radius 1 is 1.16 bits per heavy atom. The van der Waals surface area contributed by atoms with E-state index < -0.39 is 40.6 Å². The summed E-state index contributed by atoms with van der Waals surface area (Å²) in [6.45, 7) is 3.60. The van der Waals surface area contributed by atoms with Crippen LogP contribution in [0.5, 0.6) is 5.75 Å². The highest BCUT2D eigenvalue weighted by molar-refractivity contribution is 6.31. The predicted octanol–water partition coefficient (Wildman–Crippen LogP) is 5.83. The second-order valence-electron chi connectivity index (χ2n) is 7.34. The fourth-order valence-corrected chi connectivity index (χ4v) is 3.88. The molecule has 3 rings (SSSR count). The van der Waals surface area contributed by atoms with Gasteiger partial charge in [0.15, 0.2) is 0 Å². The van der Waals surface area contributed by atoms with Gasteiger partial charge in [0.05, 0.1) is 18.4 Å². The fourth-order valence-electron chi connectivity index (χ4n) is 3.71. The topological polar surface area (TPSA) is 58.6 Å². The van der Waals surface area contributed by atoms with Crippen molar-refractivity contribution in [2.75, 3.05) is 12.0 Å². The number of carbonyl (C=O) groups is 2. The first-order chi connectivity index (χ1) is 15.0. The highest BCUT2D eigenvalue weighted by Crippen LogP contribution is 2.51. The van der Waals surface area contributed by atoms with Gasteiger partial charge in [0, 0.05) is 22.2 Å². The van der Waals surface area contributed by atoms with Crippen LogP contribution in [0.1, 0.15) is 43.4 Å². The van der Waals surface area contributed by atoms with Gasteiger partial charge in [0.2, 0.25) is 5.67 Å². The van der Waals surface area contributed by atoms with Crippen LogP contribution in [0.3, 0.4) is 0 Å². The van der Waals surface area contributed by atoms with Crippen LogP contribution in [0.2, 0.25) is 5.02 Å². The lowest BCUT2D eigenvalue weighted by atomic mass is 9.88. The normalized spacial score (nSPS) is 18.2. The zero-order chi connectivity index (χ0) is 23.8. The minimum Gasteiger partial charge on any atom is -0.496 e. The summed E-state index contributed by atoms with van der Waals surface area (Å²) in [4.78, 5) is 26.7. The largest absolute Gasteiger partial charge is 0.496 e. The van der Waals surface area contributed by atoms with Gasteiger partial charge >= 0.3 is 12.2 Å². The van der Waals surface area contributed by atoms with Gasteiger partial charge in [-0.15, -0.1) is 0 Å². The summed E-state index contributed by atoms with van der Waals surface area (Å²) in [5.74, 6) is -1.39. The molecule has 172 valence electrons. The fraction of sp³-hybridized carbons (Fsp3) is 0.364. The van der Waals surface area contributed by atoms with Crippen molar-refractivity contribution < 1.29 is 31.9 Å². The van der Waals surface area contributed by atoms with E-state index in [2.05, 4.69) is 5.32 Å². The van der Waals surface area contributed by atoms with Gasteiger partial charge in [-0.25, -0.2) is 14.1 Å². The van der Waals surface area contributed by atoms with Gasteiger partial charge in [0.1, 0.15) is 5.75 Å². The molecule has 32 heavy (non-hydrogen) atoms. The standard InChI is InChI=1S/C22H21ClF4N2O3/c1-4-14(5-2)28-20(31)29-17-10-12(22(25,26)27)6-8-15(17)21(24,19(29)30)16-11-13(23)7-9-18(16)32-3/h6-11,14H,4-5H2,1-3H3,(H,28,31). The van der Waals surface area contributed by atoms with Crippen LogP contribution in [0.4, 0.5) is 28.0 Å².